The highest BCUT2D eigenvalue weighted by Crippen LogP contribution is 1.93. The van der Waals surface area contributed by atoms with Gasteiger partial charge < -0.3 is 26.1 Å². The summed E-state index contributed by atoms with van der Waals surface area (Å²) in [7, 11) is 0. The van der Waals surface area contributed by atoms with E-state index in [0.717, 1.165) is 12.8 Å². The van der Waals surface area contributed by atoms with E-state index in [9.17, 15) is 9.59 Å². The molecule has 0 fully saturated rings. The molecule has 0 bridgehead atoms. The normalized spacial score (nSPS) is 9.00. The van der Waals surface area contributed by atoms with E-state index < -0.39 is 11.9 Å². The Morgan fingerprint density at radius 3 is 2.33 bits per heavy atom. The van der Waals surface area contributed by atoms with Crippen molar-refractivity contribution in [3.05, 3.63) is 0 Å². The summed E-state index contributed by atoms with van der Waals surface area (Å²) in [4.78, 5) is 20.6. The number of nitrogens with two attached hydrogens (primary N) is 1. The predicted octanol–water partition coefficient (Wildman–Crippen LogP) is 0.152. The fourth-order valence-corrected chi connectivity index (χ4v) is 0.752. The quantitative estimate of drug-likeness (QED) is 0.265. The zero-order valence-corrected chi connectivity index (χ0v) is 10.4. The predicted molar refractivity (Wildman–Crippen MR) is 66.6 cm³/mol. The maximum atomic E-state index is 10.7. The first-order chi connectivity index (χ1) is 8.58. The van der Waals surface area contributed by atoms with Gasteiger partial charge in [-0.15, -0.1) is 0 Å². The second kappa shape index (κ2) is 15.5. The summed E-state index contributed by atoms with van der Waals surface area (Å²) in [6.07, 6.45) is 3.23. The number of unbranched alkanes of at least 4 members (excludes halogenated alkanes) is 1. The van der Waals surface area contributed by atoms with Gasteiger partial charge in [-0.05, 0) is 25.6 Å². The first kappa shape index (κ1) is 18.9. The van der Waals surface area contributed by atoms with Crippen molar-refractivity contribution in [2.24, 2.45) is 5.73 Å². The standard InChI is InChI=1S/C7H12O5.C4H10N2/c8-4-1-5-12-7(11)3-2-6(9)10;5-3-1-2-4-6/h8H,1-5H2,(H,9,10);3,5H,1-2,4,6H2. The van der Waals surface area contributed by atoms with E-state index in [1.54, 1.807) is 0 Å². The third-order valence-electron chi connectivity index (χ3n) is 1.66. The minimum Gasteiger partial charge on any atom is -0.481 e. The second-order valence-corrected chi connectivity index (χ2v) is 3.33. The average Bonchev–Trinajstić information content (AvgIpc) is 2.35. The number of carboxylic acid groups (broad SMARTS) is 1. The molecule has 0 saturated carbocycles. The van der Waals surface area contributed by atoms with Gasteiger partial charge in [0.2, 0.25) is 0 Å². The molecule has 0 aromatic rings. The van der Waals surface area contributed by atoms with E-state index in [1.165, 1.54) is 6.21 Å². The molecule has 0 aliphatic rings. The molecule has 0 spiro atoms. The number of hydrogen-bond donors (Lipinski definition) is 4. The number of esters is 1. The lowest BCUT2D eigenvalue weighted by Gasteiger charge is -2.00. The minimum absolute atomic E-state index is 0.0355. The van der Waals surface area contributed by atoms with Crippen molar-refractivity contribution in [2.75, 3.05) is 19.8 Å². The summed E-state index contributed by atoms with van der Waals surface area (Å²) in [5.41, 5.74) is 5.11. The van der Waals surface area contributed by atoms with Crippen LogP contribution in [-0.2, 0) is 14.3 Å². The van der Waals surface area contributed by atoms with Gasteiger partial charge >= 0.3 is 11.9 Å². The molecular formula is C11H22N2O5. The topological polar surface area (TPSA) is 134 Å². The molecule has 7 nitrogen and oxygen atoms in total. The summed E-state index contributed by atoms with van der Waals surface area (Å²) in [5.74, 6) is -1.56. The molecule has 0 radical (unpaired) electrons. The van der Waals surface area contributed by atoms with Gasteiger partial charge in [0.1, 0.15) is 0 Å². The number of rotatable bonds is 9. The van der Waals surface area contributed by atoms with Gasteiger partial charge in [0, 0.05) is 13.0 Å². The van der Waals surface area contributed by atoms with Crippen LogP contribution in [0.3, 0.4) is 0 Å². The third kappa shape index (κ3) is 20.0. The smallest absolute Gasteiger partial charge is 0.306 e. The van der Waals surface area contributed by atoms with Crippen molar-refractivity contribution in [1.82, 2.24) is 0 Å². The van der Waals surface area contributed by atoms with Crippen LogP contribution in [0.4, 0.5) is 0 Å². The molecule has 5 N–H and O–H groups in total. The van der Waals surface area contributed by atoms with Crippen LogP contribution in [0.15, 0.2) is 0 Å². The minimum atomic E-state index is -1.02. The van der Waals surface area contributed by atoms with Crippen LogP contribution in [0.1, 0.15) is 32.1 Å². The number of aliphatic carboxylic acids is 1. The number of carbonyl (C=O) groups is 2. The molecule has 0 saturated heterocycles. The molecule has 0 aliphatic carbocycles. The summed E-state index contributed by atoms with van der Waals surface area (Å²) in [6.45, 7) is 0.816. The van der Waals surface area contributed by atoms with Crippen molar-refractivity contribution < 1.29 is 24.5 Å². The van der Waals surface area contributed by atoms with Gasteiger partial charge in [0.25, 0.3) is 0 Å². The summed E-state index contributed by atoms with van der Waals surface area (Å²) in [5, 5.41) is 23.0. The first-order valence-electron chi connectivity index (χ1n) is 5.75. The van der Waals surface area contributed by atoms with E-state index in [-0.39, 0.29) is 26.1 Å². The molecule has 18 heavy (non-hydrogen) atoms. The Hall–Kier alpha value is -1.47. The lowest BCUT2D eigenvalue weighted by molar-refractivity contribution is -0.147. The monoisotopic (exact) mass is 262 g/mol. The average molecular weight is 262 g/mol. The Morgan fingerprint density at radius 2 is 1.94 bits per heavy atom. The second-order valence-electron chi connectivity index (χ2n) is 3.33. The highest BCUT2D eigenvalue weighted by molar-refractivity contribution is 5.76. The Labute approximate surface area is 106 Å². The van der Waals surface area contributed by atoms with E-state index in [0.29, 0.717) is 13.0 Å². The molecular weight excluding hydrogens is 240 g/mol. The van der Waals surface area contributed by atoms with Crippen LogP contribution in [0.5, 0.6) is 0 Å². The number of carbonyl (C=O) groups excluding carboxylic acids is 1. The number of aliphatic hydroxyl groups excluding tert-OH is 1. The van der Waals surface area contributed by atoms with E-state index in [4.69, 9.17) is 21.4 Å². The van der Waals surface area contributed by atoms with Gasteiger partial charge in [0.05, 0.1) is 19.4 Å². The fourth-order valence-electron chi connectivity index (χ4n) is 0.752. The highest BCUT2D eigenvalue weighted by atomic mass is 16.5. The molecule has 106 valence electrons. The Balaban J connectivity index is 0. The van der Waals surface area contributed by atoms with E-state index in [1.807, 2.05) is 0 Å². The maximum absolute atomic E-state index is 10.7. The van der Waals surface area contributed by atoms with Crippen LogP contribution < -0.4 is 5.73 Å². The molecule has 0 heterocycles. The Bertz CT molecular complexity index is 233. The van der Waals surface area contributed by atoms with Crippen LogP contribution in [0.25, 0.3) is 0 Å². The molecule has 0 aromatic carbocycles. The number of aliphatic hydroxyl groups is 1. The lowest BCUT2D eigenvalue weighted by Crippen LogP contribution is -2.09. The van der Waals surface area contributed by atoms with Gasteiger partial charge in [-0.1, -0.05) is 0 Å². The summed E-state index contributed by atoms with van der Waals surface area (Å²) >= 11 is 0. The molecule has 7 heteroatoms. The van der Waals surface area contributed by atoms with Gasteiger partial charge in [-0.2, -0.15) is 0 Å². The number of ether oxygens (including phenoxy) is 1. The van der Waals surface area contributed by atoms with Crippen LogP contribution in [0, 0.1) is 5.41 Å². The maximum Gasteiger partial charge on any atom is 0.306 e. The SMILES string of the molecule is N=CCCCN.O=C(O)CCC(=O)OCCCO. The van der Waals surface area contributed by atoms with Crippen LogP contribution in [0.2, 0.25) is 0 Å². The largest absolute Gasteiger partial charge is 0.481 e. The van der Waals surface area contributed by atoms with Crippen molar-refractivity contribution in [3.63, 3.8) is 0 Å². The number of nitrogens with one attached hydrogen (secondary N) is 1. The Morgan fingerprint density at radius 1 is 1.28 bits per heavy atom. The number of hydrogen-bond acceptors (Lipinski definition) is 6. The van der Waals surface area contributed by atoms with Crippen molar-refractivity contribution in [1.29, 1.82) is 5.41 Å². The molecule has 0 aliphatic heterocycles. The van der Waals surface area contributed by atoms with E-state index in [2.05, 4.69) is 4.74 Å². The zero-order chi connectivity index (χ0) is 14.2. The zero-order valence-electron chi connectivity index (χ0n) is 10.4. The first-order valence-corrected chi connectivity index (χ1v) is 5.75. The summed E-state index contributed by atoms with van der Waals surface area (Å²) < 4.78 is 4.57. The lowest BCUT2D eigenvalue weighted by atomic mass is 10.3. The van der Waals surface area contributed by atoms with Gasteiger partial charge in [-0.25, -0.2) is 0 Å². The molecule has 0 amide bonds. The number of carboxylic acids is 1. The van der Waals surface area contributed by atoms with Crippen LogP contribution >= 0.6 is 0 Å². The Kier molecular flexibility index (Phi) is 16.3. The fraction of sp³-hybridized carbons (Fsp3) is 0.727. The van der Waals surface area contributed by atoms with Gasteiger partial charge in [0.15, 0.2) is 0 Å². The van der Waals surface area contributed by atoms with Crippen molar-refractivity contribution in [3.8, 4) is 0 Å². The highest BCUT2D eigenvalue weighted by Gasteiger charge is 2.05. The van der Waals surface area contributed by atoms with Crippen LogP contribution in [-0.4, -0.2) is 48.1 Å². The van der Waals surface area contributed by atoms with Crippen molar-refractivity contribution in [2.45, 2.75) is 32.1 Å². The van der Waals surface area contributed by atoms with Crippen molar-refractivity contribution >= 4 is 18.2 Å². The van der Waals surface area contributed by atoms with Gasteiger partial charge in [-0.3, -0.25) is 9.59 Å². The molecule has 0 aromatic heterocycles. The third-order valence-corrected chi connectivity index (χ3v) is 1.66. The molecule has 0 rings (SSSR count). The molecule has 0 atom stereocenters. The van der Waals surface area contributed by atoms with E-state index >= 15 is 0 Å². The molecule has 0 unspecified atom stereocenters. The summed E-state index contributed by atoms with van der Waals surface area (Å²) in [6, 6.07) is 0.